The monoisotopic (exact) mass is 2110 g/mol. The van der Waals surface area contributed by atoms with E-state index in [1.54, 1.807) is 104 Å². The van der Waals surface area contributed by atoms with Crippen molar-refractivity contribution in [3.8, 4) is 17.2 Å². The molecule has 4 heterocycles. The van der Waals surface area contributed by atoms with Crippen LogP contribution >= 0.6 is 0 Å². The van der Waals surface area contributed by atoms with Crippen molar-refractivity contribution in [1.29, 1.82) is 0 Å². The van der Waals surface area contributed by atoms with Gasteiger partial charge in [0.1, 0.15) is 34.7 Å². The van der Waals surface area contributed by atoms with Gasteiger partial charge < -0.3 is 137 Å². The Bertz CT molecular complexity index is 5300. The molecule has 35 nitrogen and oxygen atoms in total. The van der Waals surface area contributed by atoms with Gasteiger partial charge in [-0.2, -0.15) is 0 Å². The molecule has 8 amide bonds. The van der Waals surface area contributed by atoms with E-state index < -0.39 is 151 Å². The molecular weight excluding hydrogens is 1950 g/mol. The molecule has 24 atom stereocenters. The Balaban J connectivity index is 0.000000351. The SMILES string of the molecule is CO[C@H]1C[C@H](C)Cc2c(F)ccc(c2O)NC(=O)/C(C)=C/CC[C@H](OC)[C@@H](OC(N)=O)/C(C)=C/[C@H](C)[C@H]1O.CO[C@H]1C[C@H](C)Cc2cc(c(F)cc2O)NC(=O)/C(C)=C/CC[C@H](OC)[C@@H](OC(N)=O)/C(C)=C/[C@H](C)[C@H]1O.CO[C@H]1C[C@H](C)Cc2cc(ccc2F)NC(=O)/C(C)=C/CC[C@H](OC)[C@@H](OC(N)=O)/C(C)=C/[C@H](C)[C@H]1O.CO[C@H]1C[C@H](C)Cc2ccc(O)c(c2)NC(=O)/C(C)=C/CC[C@H](OC)[C@@H](OC(N)=O)/C(C)=C/[C@H](C)[C@H]1O. The molecule has 8 bridgehead atoms. The van der Waals surface area contributed by atoms with E-state index in [9.17, 15) is 87.3 Å². The number of primary amides is 4. The Morgan fingerprint density at radius 3 is 0.960 bits per heavy atom. The number of fused-ring (bicyclic) bond motifs is 8. The van der Waals surface area contributed by atoms with Gasteiger partial charge in [-0.15, -0.1) is 0 Å². The van der Waals surface area contributed by atoms with E-state index >= 15 is 0 Å². The van der Waals surface area contributed by atoms with E-state index in [0.717, 1.165) is 11.6 Å². The lowest BCUT2D eigenvalue weighted by molar-refractivity contribution is -0.113. The molecular formula is C112H165F3N8O27. The molecule has 38 heteroatoms. The van der Waals surface area contributed by atoms with Crippen LogP contribution in [-0.2, 0) is 102 Å². The quantitative estimate of drug-likeness (QED) is 0.0271. The minimum absolute atomic E-state index is 0.0186. The van der Waals surface area contributed by atoms with Crippen molar-refractivity contribution in [2.75, 3.05) is 78.1 Å². The zero-order valence-electron chi connectivity index (χ0n) is 91.3. The first-order chi connectivity index (χ1) is 70.7. The maximum atomic E-state index is 14.7. The zero-order chi connectivity index (χ0) is 113. The van der Waals surface area contributed by atoms with Crippen molar-refractivity contribution >= 4 is 70.8 Å². The number of anilines is 4. The maximum absolute atomic E-state index is 14.7. The Morgan fingerprint density at radius 1 is 0.327 bits per heavy atom. The number of aliphatic hydroxyl groups excluding tert-OH is 4. The minimum Gasteiger partial charge on any atom is -0.508 e. The predicted molar refractivity (Wildman–Crippen MR) is 567 cm³/mol. The molecule has 0 fully saturated rings. The molecule has 150 heavy (non-hydrogen) atoms. The van der Waals surface area contributed by atoms with E-state index in [1.165, 1.54) is 80.1 Å². The average molecular weight is 2110 g/mol. The zero-order valence-corrected chi connectivity index (χ0v) is 91.3. The van der Waals surface area contributed by atoms with Crippen molar-refractivity contribution in [1.82, 2.24) is 0 Å². The standard InChI is InChI=1S/2C28H41FN2O7.C28H41FN2O6.C28H42N2O7/c1-15-10-19-13-21(20(29)14-22(19)32)31-27(34)16(2)8-7-9-23(36-5)26(38-28(30)35)18(4)12-17(3)25(33)24(11-15)37-6;1-15-12-19-20(29)10-11-21(25(19)33)31-27(34)16(2)8-7-9-22(36-5)26(38-28(30)35)18(4)14-17(3)24(32)23(13-15)37-6;1-16-12-20-15-21(10-11-22(20)29)31-27(33)17(2)8-7-9-23(35-5)26(37-28(30)34)19(4)14-18(3)25(32)24(13-16)36-6;1-16-12-20-10-11-22(31)21(15-20)30-27(33)17(2)8-7-9-23(35-5)26(37-28(29)34)19(4)14-18(3)25(32)24(13-16)36-6/h8,12-15,17,23-26,32-33H,7,9-11H2,1-6H3,(H2,30,35)(H,31,34);8,10-11,14-15,17,22-24,26,32-33H,7,9,12-13H2,1-6H3,(H2,30,35)(H,31,34);8,10-11,14-16,18,23-26,32H,7,9,12-13H2,1-6H3,(H2,30,34)(H,31,33);8,10-11,14-16,18,23-26,31-32H,7,9,12-13H2,1-6H3,(H2,29,34)(H,30,33)/b16-8+,18-12+;16-8+,18-14+;2*17-8+,19-14+/t15-,17+,23+,24+,25-,26+;15-,17+,22+,23+,24-,26+;2*16-,18+,23+,24+,25-,26+/m1111/s1. The van der Waals surface area contributed by atoms with Gasteiger partial charge in [0.25, 0.3) is 23.6 Å². The number of hydrogen-bond acceptors (Lipinski definition) is 27. The highest BCUT2D eigenvalue weighted by Gasteiger charge is 2.38. The van der Waals surface area contributed by atoms with Crippen molar-refractivity contribution in [3.05, 3.63) is 194 Å². The summed E-state index contributed by atoms with van der Waals surface area (Å²) >= 11 is 0. The highest BCUT2D eigenvalue weighted by atomic mass is 19.1. The third-order valence-electron chi connectivity index (χ3n) is 27.7. The second kappa shape index (κ2) is 63.7. The number of allylic oxidation sites excluding steroid dienone is 4. The van der Waals surface area contributed by atoms with Gasteiger partial charge >= 0.3 is 24.4 Å². The molecule has 8 rings (SSSR count). The lowest BCUT2D eigenvalue weighted by Gasteiger charge is -2.30. The number of amides is 8. The summed E-state index contributed by atoms with van der Waals surface area (Å²) < 4.78 is 110. The van der Waals surface area contributed by atoms with Crippen LogP contribution in [-0.4, -0.2) is 238 Å². The van der Waals surface area contributed by atoms with Crippen molar-refractivity contribution in [3.63, 3.8) is 0 Å². The number of carbonyl (C=O) groups is 8. The van der Waals surface area contributed by atoms with Crippen LogP contribution in [0.3, 0.4) is 0 Å². The fourth-order valence-corrected chi connectivity index (χ4v) is 19.1. The van der Waals surface area contributed by atoms with Crippen LogP contribution in [0.5, 0.6) is 17.2 Å². The average Bonchev–Trinajstić information content (AvgIpc) is 0.857. The Kier molecular flexibility index (Phi) is 54.8. The number of aromatic hydroxyl groups is 3. The number of rotatable bonds is 12. The summed E-state index contributed by atoms with van der Waals surface area (Å²) in [5.41, 5.74) is 28.6. The Hall–Kier alpha value is -11.5. The largest absolute Gasteiger partial charge is 0.508 e. The Labute approximate surface area is 880 Å². The molecule has 4 aliphatic heterocycles. The number of nitrogens with two attached hydrogens (primary N) is 4. The summed E-state index contributed by atoms with van der Waals surface area (Å²) in [6.45, 7) is 29.0. The third-order valence-corrected chi connectivity index (χ3v) is 27.7. The molecule has 836 valence electrons. The molecule has 0 radical (unpaired) electrons. The lowest BCUT2D eigenvalue weighted by Crippen LogP contribution is -2.37. The lowest BCUT2D eigenvalue weighted by atomic mass is 9.88. The number of halogens is 3. The topological polar surface area (TPSA) is 541 Å². The smallest absolute Gasteiger partial charge is 0.405 e. The molecule has 4 aromatic rings. The van der Waals surface area contributed by atoms with Crippen molar-refractivity contribution in [2.45, 2.75) is 311 Å². The van der Waals surface area contributed by atoms with Crippen LogP contribution in [0.2, 0.25) is 0 Å². The van der Waals surface area contributed by atoms with E-state index in [0.29, 0.717) is 163 Å². The molecule has 0 unspecified atom stereocenters. The molecule has 0 saturated heterocycles. The molecule has 0 aromatic heterocycles. The number of nitrogens with one attached hydrogen (secondary N) is 4. The van der Waals surface area contributed by atoms with Gasteiger partial charge in [0.05, 0.1) is 90.3 Å². The summed E-state index contributed by atoms with van der Waals surface area (Å²) in [6, 6.07) is 14.6. The van der Waals surface area contributed by atoms with Crippen LogP contribution in [0, 0.1) is 64.8 Å². The first kappa shape index (κ1) is 129. The summed E-state index contributed by atoms with van der Waals surface area (Å²) in [7, 11) is 12.1. The van der Waals surface area contributed by atoms with Gasteiger partial charge in [-0.3, -0.25) is 19.2 Å². The van der Waals surface area contributed by atoms with Crippen LogP contribution in [0.25, 0.3) is 0 Å². The van der Waals surface area contributed by atoms with Crippen LogP contribution in [0.4, 0.5) is 55.1 Å². The van der Waals surface area contributed by atoms with Gasteiger partial charge in [0.15, 0.2) is 24.4 Å². The summed E-state index contributed by atoms with van der Waals surface area (Å²) in [5, 5.41) is 86.6. The van der Waals surface area contributed by atoms with E-state index in [-0.39, 0.29) is 99.7 Å². The van der Waals surface area contributed by atoms with Crippen LogP contribution < -0.4 is 44.2 Å². The highest BCUT2D eigenvalue weighted by Crippen LogP contribution is 2.39. The predicted octanol–water partition coefficient (Wildman–Crippen LogP) is 17.0. The summed E-state index contributed by atoms with van der Waals surface area (Å²) in [5.74, 6) is -5.38. The number of phenols is 3. The maximum Gasteiger partial charge on any atom is 0.405 e. The van der Waals surface area contributed by atoms with Crippen molar-refractivity contribution in [2.24, 2.45) is 70.3 Å². The molecule has 0 saturated carbocycles. The third kappa shape index (κ3) is 40.9. The van der Waals surface area contributed by atoms with Gasteiger partial charge in [0, 0.05) is 120 Å². The van der Waals surface area contributed by atoms with Gasteiger partial charge in [-0.1, -0.05) is 110 Å². The molecule has 0 aliphatic carbocycles. The fraction of sp³-hybridized carbons (Fsp3) is 0.571. The van der Waals surface area contributed by atoms with E-state index in [1.807, 2.05) is 79.7 Å². The number of carbonyl (C=O) groups excluding carboxylic acids is 8. The second-order valence-electron chi connectivity index (χ2n) is 40.1. The minimum atomic E-state index is -0.960. The van der Waals surface area contributed by atoms with Crippen LogP contribution in [0.1, 0.15) is 210 Å². The number of hydrogen-bond donors (Lipinski definition) is 15. The molecule has 19 N–H and O–H groups in total. The first-order valence-electron chi connectivity index (χ1n) is 50.8. The number of ether oxygens (including phenoxy) is 12. The first-order valence-corrected chi connectivity index (χ1v) is 50.8. The molecule has 0 spiro atoms. The normalized spacial score (nSPS) is 31.1. The van der Waals surface area contributed by atoms with E-state index in [2.05, 4.69) is 28.2 Å². The fourth-order valence-electron chi connectivity index (χ4n) is 19.1. The second-order valence-corrected chi connectivity index (χ2v) is 40.1. The van der Waals surface area contributed by atoms with Gasteiger partial charge in [-0.25, -0.2) is 32.3 Å². The number of aliphatic hydroxyl groups is 4. The Morgan fingerprint density at radius 2 is 0.627 bits per heavy atom. The summed E-state index contributed by atoms with van der Waals surface area (Å²) in [6.07, 6.45) is 6.40. The molecule has 4 aromatic carbocycles. The van der Waals surface area contributed by atoms with Crippen LogP contribution in [0.15, 0.2) is 154 Å². The number of methoxy groups -OCH3 is 8. The number of phenolic OH excluding ortho intramolecular Hbond substituents is 3. The van der Waals surface area contributed by atoms with Crippen molar-refractivity contribution < 1.29 is 144 Å². The number of benzene rings is 4. The van der Waals surface area contributed by atoms with Gasteiger partial charge in [0.2, 0.25) is 0 Å². The van der Waals surface area contributed by atoms with Gasteiger partial charge in [-0.05, 0) is 269 Å². The van der Waals surface area contributed by atoms with E-state index in [4.69, 9.17) is 79.8 Å². The highest BCUT2D eigenvalue weighted by molar-refractivity contribution is 6.06. The molecule has 4 aliphatic rings. The summed E-state index contributed by atoms with van der Waals surface area (Å²) in [4.78, 5) is 97.7.